The third-order valence-corrected chi connectivity index (χ3v) is 2.95. The molecule has 0 aliphatic heterocycles. The molecule has 0 atom stereocenters. The third-order valence-electron chi connectivity index (χ3n) is 2.46. The van der Waals surface area contributed by atoms with Gasteiger partial charge in [-0.3, -0.25) is 0 Å². The average molecular weight is 350 g/mol. The molecule has 20 heavy (non-hydrogen) atoms. The first kappa shape index (κ1) is 14.6. The molecule has 0 saturated carbocycles. The van der Waals surface area contributed by atoms with Crippen molar-refractivity contribution in [2.75, 3.05) is 5.73 Å². The van der Waals surface area contributed by atoms with E-state index in [1.807, 2.05) is 0 Å². The third kappa shape index (κ3) is 3.04. The molecular weight excluding hydrogens is 342 g/mol. The van der Waals surface area contributed by atoms with Gasteiger partial charge in [0.25, 0.3) is 0 Å². The normalized spacial score (nSPS) is 11.4. The van der Waals surface area contributed by atoms with Crippen molar-refractivity contribution >= 4 is 21.6 Å². The van der Waals surface area contributed by atoms with Gasteiger partial charge in [0.15, 0.2) is 11.6 Å². The van der Waals surface area contributed by atoms with E-state index in [1.54, 1.807) is 0 Å². The molecule has 0 heterocycles. The standard InChI is InChI=1S/C13H8BrF4NO/c14-7-4-5-11(8(6-7)13(16,17)18)20-12-9(15)2-1-3-10(12)19/h1-6H,19H2. The number of benzene rings is 2. The Kier molecular flexibility index (Phi) is 3.89. The lowest BCUT2D eigenvalue weighted by Crippen LogP contribution is -2.08. The molecule has 0 fully saturated rings. The van der Waals surface area contributed by atoms with Crippen molar-refractivity contribution < 1.29 is 22.3 Å². The molecule has 0 unspecified atom stereocenters. The lowest BCUT2D eigenvalue weighted by Gasteiger charge is -2.15. The molecule has 0 spiro atoms. The Balaban J connectivity index is 2.49. The first-order chi connectivity index (χ1) is 9.29. The summed E-state index contributed by atoms with van der Waals surface area (Å²) in [5.74, 6) is -1.78. The summed E-state index contributed by atoms with van der Waals surface area (Å²) in [5, 5.41) is 0. The van der Waals surface area contributed by atoms with E-state index in [4.69, 9.17) is 10.5 Å². The fourth-order valence-corrected chi connectivity index (χ4v) is 1.92. The Hall–Kier alpha value is -1.76. The number of hydrogen-bond donors (Lipinski definition) is 1. The zero-order valence-electron chi connectivity index (χ0n) is 9.84. The average Bonchev–Trinajstić information content (AvgIpc) is 2.34. The van der Waals surface area contributed by atoms with E-state index < -0.39 is 29.1 Å². The van der Waals surface area contributed by atoms with Crippen LogP contribution in [0.4, 0.5) is 23.2 Å². The number of anilines is 1. The Morgan fingerprint density at radius 2 is 1.80 bits per heavy atom. The van der Waals surface area contributed by atoms with Crippen LogP contribution < -0.4 is 10.5 Å². The lowest BCUT2D eigenvalue weighted by molar-refractivity contribution is -0.138. The molecule has 7 heteroatoms. The number of para-hydroxylation sites is 1. The molecule has 2 N–H and O–H groups in total. The van der Waals surface area contributed by atoms with E-state index in [0.29, 0.717) is 0 Å². The van der Waals surface area contributed by atoms with Crippen molar-refractivity contribution in [2.45, 2.75) is 6.18 Å². The number of rotatable bonds is 2. The highest BCUT2D eigenvalue weighted by Gasteiger charge is 2.35. The van der Waals surface area contributed by atoms with Crippen molar-refractivity contribution in [1.82, 2.24) is 0 Å². The van der Waals surface area contributed by atoms with Gasteiger partial charge in [-0.25, -0.2) is 4.39 Å². The smallest absolute Gasteiger partial charge is 0.420 e. The molecule has 0 amide bonds. The Morgan fingerprint density at radius 3 is 2.40 bits per heavy atom. The summed E-state index contributed by atoms with van der Waals surface area (Å²) >= 11 is 2.95. The number of alkyl halides is 3. The van der Waals surface area contributed by atoms with Gasteiger partial charge in [-0.2, -0.15) is 13.2 Å². The summed E-state index contributed by atoms with van der Waals surface area (Å²) in [6.45, 7) is 0. The van der Waals surface area contributed by atoms with Gasteiger partial charge in [-0.15, -0.1) is 0 Å². The molecule has 2 aromatic carbocycles. The summed E-state index contributed by atoms with van der Waals surface area (Å²) in [6, 6.07) is 7.04. The van der Waals surface area contributed by atoms with Gasteiger partial charge in [0.05, 0.1) is 11.3 Å². The highest BCUT2D eigenvalue weighted by Crippen LogP contribution is 2.41. The summed E-state index contributed by atoms with van der Waals surface area (Å²) in [4.78, 5) is 0. The highest BCUT2D eigenvalue weighted by atomic mass is 79.9. The maximum atomic E-state index is 13.5. The predicted octanol–water partition coefficient (Wildman–Crippen LogP) is 4.98. The zero-order valence-corrected chi connectivity index (χ0v) is 11.4. The van der Waals surface area contributed by atoms with E-state index in [0.717, 1.165) is 18.2 Å². The van der Waals surface area contributed by atoms with Crippen molar-refractivity contribution in [1.29, 1.82) is 0 Å². The Labute approximate surface area is 120 Å². The minimum atomic E-state index is -4.63. The number of ether oxygens (including phenoxy) is 1. The summed E-state index contributed by atoms with van der Waals surface area (Å²) < 4.78 is 57.5. The number of halogens is 5. The van der Waals surface area contributed by atoms with Gasteiger partial charge >= 0.3 is 6.18 Å². The van der Waals surface area contributed by atoms with Crippen LogP contribution >= 0.6 is 15.9 Å². The van der Waals surface area contributed by atoms with Crippen LogP contribution in [-0.4, -0.2) is 0 Å². The molecule has 0 aliphatic rings. The van der Waals surface area contributed by atoms with Gasteiger partial charge in [0.1, 0.15) is 5.75 Å². The van der Waals surface area contributed by atoms with Gasteiger partial charge in [0.2, 0.25) is 0 Å². The molecule has 0 bridgehead atoms. The molecule has 0 saturated heterocycles. The fraction of sp³-hybridized carbons (Fsp3) is 0.0769. The van der Waals surface area contributed by atoms with E-state index >= 15 is 0 Å². The molecule has 0 radical (unpaired) electrons. The minimum Gasteiger partial charge on any atom is -0.451 e. The largest absolute Gasteiger partial charge is 0.451 e. The maximum Gasteiger partial charge on any atom is 0.420 e. The van der Waals surface area contributed by atoms with E-state index in [2.05, 4.69) is 15.9 Å². The van der Waals surface area contributed by atoms with Crippen molar-refractivity contribution in [2.24, 2.45) is 0 Å². The maximum absolute atomic E-state index is 13.5. The summed E-state index contributed by atoms with van der Waals surface area (Å²) in [7, 11) is 0. The molecule has 106 valence electrons. The van der Waals surface area contributed by atoms with Crippen LogP contribution in [0.5, 0.6) is 11.5 Å². The van der Waals surface area contributed by atoms with Crippen molar-refractivity contribution in [3.63, 3.8) is 0 Å². The second-order valence-electron chi connectivity index (χ2n) is 3.90. The predicted molar refractivity (Wildman–Crippen MR) is 70.0 cm³/mol. The zero-order chi connectivity index (χ0) is 14.9. The molecule has 2 rings (SSSR count). The summed E-state index contributed by atoms with van der Waals surface area (Å²) in [5.41, 5.74) is 4.40. The SMILES string of the molecule is Nc1cccc(F)c1Oc1ccc(Br)cc1C(F)(F)F. The van der Waals surface area contributed by atoms with Crippen LogP contribution in [-0.2, 0) is 6.18 Å². The number of hydrogen-bond acceptors (Lipinski definition) is 2. The highest BCUT2D eigenvalue weighted by molar-refractivity contribution is 9.10. The number of nitrogens with two attached hydrogens (primary N) is 1. The monoisotopic (exact) mass is 349 g/mol. The first-order valence-electron chi connectivity index (χ1n) is 5.37. The fourth-order valence-electron chi connectivity index (χ4n) is 1.56. The minimum absolute atomic E-state index is 0.0824. The molecule has 2 aromatic rings. The van der Waals surface area contributed by atoms with Gasteiger partial charge < -0.3 is 10.5 Å². The van der Waals surface area contributed by atoms with Crippen LogP contribution in [0, 0.1) is 5.82 Å². The Bertz CT molecular complexity index is 623. The van der Waals surface area contributed by atoms with Crippen LogP contribution in [0.2, 0.25) is 0 Å². The van der Waals surface area contributed by atoms with E-state index in [9.17, 15) is 17.6 Å². The number of nitrogen functional groups attached to an aromatic ring is 1. The van der Waals surface area contributed by atoms with Gasteiger partial charge in [0, 0.05) is 4.47 Å². The van der Waals surface area contributed by atoms with Gasteiger partial charge in [-0.1, -0.05) is 22.0 Å². The quantitative estimate of drug-likeness (QED) is 0.612. The Morgan fingerprint density at radius 1 is 1.10 bits per heavy atom. The topological polar surface area (TPSA) is 35.2 Å². The second kappa shape index (κ2) is 5.32. The van der Waals surface area contributed by atoms with Crippen LogP contribution in [0.15, 0.2) is 40.9 Å². The molecule has 2 nitrogen and oxygen atoms in total. The van der Waals surface area contributed by atoms with Crippen LogP contribution in [0.1, 0.15) is 5.56 Å². The van der Waals surface area contributed by atoms with Crippen molar-refractivity contribution in [3.05, 3.63) is 52.3 Å². The van der Waals surface area contributed by atoms with Crippen LogP contribution in [0.3, 0.4) is 0 Å². The molecular formula is C13H8BrF4NO. The van der Waals surface area contributed by atoms with Gasteiger partial charge in [-0.05, 0) is 30.3 Å². The lowest BCUT2D eigenvalue weighted by atomic mass is 10.2. The van der Waals surface area contributed by atoms with Crippen molar-refractivity contribution in [3.8, 4) is 11.5 Å². The summed E-state index contributed by atoms with van der Waals surface area (Å²) in [6.07, 6.45) is -4.63. The molecule has 0 aliphatic carbocycles. The molecule has 0 aromatic heterocycles. The first-order valence-corrected chi connectivity index (χ1v) is 6.17. The van der Waals surface area contributed by atoms with E-state index in [-0.39, 0.29) is 10.2 Å². The van der Waals surface area contributed by atoms with Crippen LogP contribution in [0.25, 0.3) is 0 Å². The second-order valence-corrected chi connectivity index (χ2v) is 4.81. The van der Waals surface area contributed by atoms with E-state index in [1.165, 1.54) is 18.2 Å².